The van der Waals surface area contributed by atoms with E-state index in [-0.39, 0.29) is 23.9 Å². The number of hydrogen-bond donors (Lipinski definition) is 3. The van der Waals surface area contributed by atoms with Gasteiger partial charge < -0.3 is 20.9 Å². The summed E-state index contributed by atoms with van der Waals surface area (Å²) in [5.41, 5.74) is 1.82. The van der Waals surface area contributed by atoms with Gasteiger partial charge in [0.05, 0.1) is 6.04 Å². The van der Waals surface area contributed by atoms with Crippen LogP contribution in [0.3, 0.4) is 0 Å². The third-order valence-corrected chi connectivity index (χ3v) is 7.73. The third kappa shape index (κ3) is 6.64. The van der Waals surface area contributed by atoms with Gasteiger partial charge in [-0.25, -0.2) is 0 Å². The molecule has 4 aromatic rings. The van der Waals surface area contributed by atoms with Crippen LogP contribution >= 0.6 is 0 Å². The highest BCUT2D eigenvalue weighted by Crippen LogP contribution is 2.22. The molecule has 6 heteroatoms. The van der Waals surface area contributed by atoms with E-state index >= 15 is 0 Å². The summed E-state index contributed by atoms with van der Waals surface area (Å²) in [7, 11) is 1.95. The molecule has 0 aliphatic carbocycles. The Balaban J connectivity index is 1.28. The molecular formula is C33H38N4O2. The molecule has 6 nitrogen and oxygen atoms in total. The van der Waals surface area contributed by atoms with Crippen LogP contribution in [-0.4, -0.2) is 55.5 Å². The molecule has 3 N–H and O–H groups in total. The lowest BCUT2D eigenvalue weighted by atomic mass is 10.0. The van der Waals surface area contributed by atoms with Gasteiger partial charge in [-0.2, -0.15) is 0 Å². The summed E-state index contributed by atoms with van der Waals surface area (Å²) in [6.07, 6.45) is 3.54. The predicted molar refractivity (Wildman–Crippen MR) is 159 cm³/mol. The SMILES string of the molecule is CNCCCCC1NC(CNC(=O)c2ccc3ccccc3c2)CCN(Cc2cccc3ccccc23)C1=O. The van der Waals surface area contributed by atoms with E-state index in [1.165, 1.54) is 16.3 Å². The van der Waals surface area contributed by atoms with Gasteiger partial charge in [-0.1, -0.05) is 79.2 Å². The number of nitrogens with zero attached hydrogens (tertiary/aromatic N) is 1. The Morgan fingerprint density at radius 2 is 1.69 bits per heavy atom. The Hall–Kier alpha value is -3.74. The van der Waals surface area contributed by atoms with Crippen molar-refractivity contribution in [3.8, 4) is 0 Å². The predicted octanol–water partition coefficient (Wildman–Crippen LogP) is 4.87. The van der Waals surface area contributed by atoms with E-state index in [2.05, 4.69) is 52.3 Å². The molecule has 1 aliphatic rings. The van der Waals surface area contributed by atoms with E-state index in [9.17, 15) is 9.59 Å². The van der Waals surface area contributed by atoms with Gasteiger partial charge in [0.2, 0.25) is 5.91 Å². The molecule has 2 atom stereocenters. The summed E-state index contributed by atoms with van der Waals surface area (Å²) in [5.74, 6) is 0.0621. The van der Waals surface area contributed by atoms with Crippen LogP contribution in [0, 0.1) is 0 Å². The van der Waals surface area contributed by atoms with Gasteiger partial charge in [0.1, 0.15) is 0 Å². The van der Waals surface area contributed by atoms with Crippen molar-refractivity contribution in [3.63, 3.8) is 0 Å². The van der Waals surface area contributed by atoms with Crippen molar-refractivity contribution in [2.75, 3.05) is 26.7 Å². The van der Waals surface area contributed by atoms with Crippen LogP contribution in [0.25, 0.3) is 21.5 Å². The largest absolute Gasteiger partial charge is 0.350 e. The second-order valence-electron chi connectivity index (χ2n) is 10.5. The number of hydrogen-bond acceptors (Lipinski definition) is 4. The standard InChI is InChI=1S/C33H38N4O2/c1-34-19-7-6-15-31-33(39)37(23-28-13-8-12-25-10-4-5-14-30(25)28)20-18-29(36-31)22-35-32(38)27-17-16-24-9-2-3-11-26(24)21-27/h2-5,8-14,16-17,21,29,31,34,36H,6-7,15,18-20,22-23H2,1H3,(H,35,38). The Labute approximate surface area is 230 Å². The number of nitrogens with one attached hydrogen (secondary N) is 3. The molecule has 0 saturated carbocycles. The van der Waals surface area contributed by atoms with Gasteiger partial charge in [-0.3, -0.25) is 9.59 Å². The molecule has 1 saturated heterocycles. The normalized spacial score (nSPS) is 17.9. The molecule has 0 aromatic heterocycles. The van der Waals surface area contributed by atoms with E-state index < -0.39 is 0 Å². The topological polar surface area (TPSA) is 73.5 Å². The first kappa shape index (κ1) is 26.9. The highest BCUT2D eigenvalue weighted by atomic mass is 16.2. The van der Waals surface area contributed by atoms with Crippen LogP contribution < -0.4 is 16.0 Å². The second-order valence-corrected chi connectivity index (χ2v) is 10.5. The average molecular weight is 523 g/mol. The maximum Gasteiger partial charge on any atom is 0.251 e. The zero-order chi connectivity index (χ0) is 27.0. The fraction of sp³-hybridized carbons (Fsp3) is 0.333. The summed E-state index contributed by atoms with van der Waals surface area (Å²) < 4.78 is 0. The van der Waals surface area contributed by atoms with Gasteiger partial charge in [0.15, 0.2) is 0 Å². The van der Waals surface area contributed by atoms with Gasteiger partial charge in [-0.15, -0.1) is 0 Å². The minimum atomic E-state index is -0.262. The van der Waals surface area contributed by atoms with Gasteiger partial charge in [0, 0.05) is 31.2 Å². The molecule has 2 amide bonds. The molecule has 1 fully saturated rings. The minimum absolute atomic E-state index is 0.0187. The molecule has 0 radical (unpaired) electrons. The lowest BCUT2D eigenvalue weighted by Gasteiger charge is -2.25. The van der Waals surface area contributed by atoms with Crippen molar-refractivity contribution in [2.45, 2.75) is 44.3 Å². The Kier molecular flexibility index (Phi) is 8.86. The summed E-state index contributed by atoms with van der Waals surface area (Å²) >= 11 is 0. The summed E-state index contributed by atoms with van der Waals surface area (Å²) in [5, 5.41) is 14.5. The smallest absolute Gasteiger partial charge is 0.251 e. The first-order valence-electron chi connectivity index (χ1n) is 14.1. The summed E-state index contributed by atoms with van der Waals surface area (Å²) in [4.78, 5) is 28.8. The summed E-state index contributed by atoms with van der Waals surface area (Å²) in [6, 6.07) is 28.2. The maximum absolute atomic E-state index is 13.7. The molecule has 2 unspecified atom stereocenters. The number of carbonyl (C=O) groups is 2. The molecule has 0 bridgehead atoms. The van der Waals surface area contributed by atoms with Crippen molar-refractivity contribution in [1.29, 1.82) is 0 Å². The Bertz CT molecular complexity index is 1430. The fourth-order valence-electron chi connectivity index (χ4n) is 5.54. The molecule has 1 aliphatic heterocycles. The Morgan fingerprint density at radius 1 is 0.923 bits per heavy atom. The van der Waals surface area contributed by atoms with E-state index in [0.717, 1.165) is 43.0 Å². The summed E-state index contributed by atoms with van der Waals surface area (Å²) in [6.45, 7) is 2.66. The van der Waals surface area contributed by atoms with Crippen LogP contribution in [0.1, 0.15) is 41.6 Å². The van der Waals surface area contributed by atoms with Crippen molar-refractivity contribution in [2.24, 2.45) is 0 Å². The number of unbranched alkanes of at least 4 members (excludes halogenated alkanes) is 1. The lowest BCUT2D eigenvalue weighted by molar-refractivity contribution is -0.133. The van der Waals surface area contributed by atoms with Crippen LogP contribution in [-0.2, 0) is 11.3 Å². The van der Waals surface area contributed by atoms with Crippen molar-refractivity contribution in [1.82, 2.24) is 20.9 Å². The van der Waals surface area contributed by atoms with Crippen molar-refractivity contribution >= 4 is 33.4 Å². The third-order valence-electron chi connectivity index (χ3n) is 7.73. The zero-order valence-corrected chi connectivity index (χ0v) is 22.7. The first-order chi connectivity index (χ1) is 19.1. The number of carbonyl (C=O) groups excluding carboxylic acids is 2. The zero-order valence-electron chi connectivity index (χ0n) is 22.7. The number of amides is 2. The van der Waals surface area contributed by atoms with E-state index in [1.54, 1.807) is 0 Å². The Morgan fingerprint density at radius 3 is 2.54 bits per heavy atom. The van der Waals surface area contributed by atoms with E-state index in [4.69, 9.17) is 0 Å². The van der Waals surface area contributed by atoms with Gasteiger partial charge in [-0.05, 0) is 72.1 Å². The van der Waals surface area contributed by atoms with Gasteiger partial charge in [0.25, 0.3) is 5.91 Å². The van der Waals surface area contributed by atoms with E-state index in [1.807, 2.05) is 60.5 Å². The highest BCUT2D eigenvalue weighted by molar-refractivity contribution is 5.98. The molecular weight excluding hydrogens is 484 g/mol. The maximum atomic E-state index is 13.7. The number of benzene rings is 4. The second kappa shape index (κ2) is 12.9. The molecule has 39 heavy (non-hydrogen) atoms. The minimum Gasteiger partial charge on any atom is -0.350 e. The van der Waals surface area contributed by atoms with Crippen LogP contribution in [0.4, 0.5) is 0 Å². The molecule has 202 valence electrons. The number of rotatable bonds is 10. The van der Waals surface area contributed by atoms with Crippen molar-refractivity contribution in [3.05, 3.63) is 96.1 Å². The number of fused-ring (bicyclic) bond motifs is 2. The van der Waals surface area contributed by atoms with Crippen LogP contribution in [0.5, 0.6) is 0 Å². The first-order valence-corrected chi connectivity index (χ1v) is 14.1. The van der Waals surface area contributed by atoms with Gasteiger partial charge >= 0.3 is 0 Å². The van der Waals surface area contributed by atoms with Crippen molar-refractivity contribution < 1.29 is 9.59 Å². The lowest BCUT2D eigenvalue weighted by Crippen LogP contribution is -2.48. The van der Waals surface area contributed by atoms with Crippen LogP contribution in [0.15, 0.2) is 84.9 Å². The molecule has 1 heterocycles. The van der Waals surface area contributed by atoms with E-state index in [0.29, 0.717) is 25.2 Å². The molecule has 0 spiro atoms. The highest BCUT2D eigenvalue weighted by Gasteiger charge is 2.31. The monoisotopic (exact) mass is 522 g/mol. The average Bonchev–Trinajstić information content (AvgIpc) is 3.12. The fourth-order valence-corrected chi connectivity index (χ4v) is 5.54. The quantitative estimate of drug-likeness (QED) is 0.260. The van der Waals surface area contributed by atoms with Crippen LogP contribution in [0.2, 0.25) is 0 Å². The molecule has 4 aromatic carbocycles. The molecule has 5 rings (SSSR count).